The van der Waals surface area contributed by atoms with Crippen molar-refractivity contribution in [2.75, 3.05) is 20.7 Å². The molecular formula is C12H25N3O3. The van der Waals surface area contributed by atoms with Crippen LogP contribution in [0.5, 0.6) is 0 Å². The van der Waals surface area contributed by atoms with E-state index < -0.39 is 12.0 Å². The van der Waals surface area contributed by atoms with Crippen LogP contribution in [-0.2, 0) is 14.3 Å². The molecule has 106 valence electrons. The van der Waals surface area contributed by atoms with E-state index in [1.165, 1.54) is 7.11 Å². The van der Waals surface area contributed by atoms with E-state index in [0.29, 0.717) is 0 Å². The molecule has 0 saturated heterocycles. The molecule has 4 N–H and O–H groups in total. The van der Waals surface area contributed by atoms with Gasteiger partial charge in [-0.2, -0.15) is 0 Å². The van der Waals surface area contributed by atoms with Gasteiger partial charge in [-0.1, -0.05) is 20.3 Å². The van der Waals surface area contributed by atoms with Crippen LogP contribution in [0.3, 0.4) is 0 Å². The number of nitrogens with two attached hydrogens (primary N) is 2. The average molecular weight is 259 g/mol. The lowest BCUT2D eigenvalue weighted by Gasteiger charge is -2.37. The molecule has 0 fully saturated rings. The summed E-state index contributed by atoms with van der Waals surface area (Å²) in [6.45, 7) is 3.98. The summed E-state index contributed by atoms with van der Waals surface area (Å²) in [6.07, 6.45) is 0.553. The highest BCUT2D eigenvalue weighted by atomic mass is 16.5. The van der Waals surface area contributed by atoms with Crippen LogP contribution in [0, 0.1) is 5.92 Å². The molecule has 0 aromatic carbocycles. The minimum Gasteiger partial charge on any atom is -0.379 e. The first-order valence-electron chi connectivity index (χ1n) is 6.15. The van der Waals surface area contributed by atoms with E-state index in [0.717, 1.165) is 6.42 Å². The zero-order chi connectivity index (χ0) is 14.3. The summed E-state index contributed by atoms with van der Waals surface area (Å²) in [7, 11) is 3.20. The highest BCUT2D eigenvalue weighted by molar-refractivity contribution is 5.78. The summed E-state index contributed by atoms with van der Waals surface area (Å²) < 4.78 is 5.33. The van der Waals surface area contributed by atoms with Crippen molar-refractivity contribution in [1.29, 1.82) is 0 Å². The number of hydrogen-bond donors (Lipinski definition) is 2. The Bertz CT molecular complexity index is 284. The Morgan fingerprint density at radius 2 is 1.94 bits per heavy atom. The fourth-order valence-electron chi connectivity index (χ4n) is 2.09. The normalized spacial score (nSPS) is 15.8. The third-order valence-electron chi connectivity index (χ3n) is 3.33. The van der Waals surface area contributed by atoms with E-state index in [9.17, 15) is 9.59 Å². The summed E-state index contributed by atoms with van der Waals surface area (Å²) in [5.74, 6) is -0.426. The van der Waals surface area contributed by atoms with Crippen LogP contribution in [0.2, 0.25) is 0 Å². The highest BCUT2D eigenvalue weighted by Crippen LogP contribution is 2.21. The molecule has 0 aromatic rings. The van der Waals surface area contributed by atoms with E-state index in [2.05, 4.69) is 0 Å². The quantitative estimate of drug-likeness (QED) is 0.625. The Hall–Kier alpha value is -1.14. The molecule has 0 aliphatic carbocycles. The maximum absolute atomic E-state index is 11.7. The number of carbonyl (C=O) groups excluding carboxylic acids is 2. The molecule has 18 heavy (non-hydrogen) atoms. The molecule has 0 bridgehead atoms. The molecular weight excluding hydrogens is 234 g/mol. The highest BCUT2D eigenvalue weighted by Gasteiger charge is 2.32. The number of primary amides is 1. The van der Waals surface area contributed by atoms with Gasteiger partial charge < -0.3 is 21.1 Å². The van der Waals surface area contributed by atoms with Crippen LogP contribution in [0.15, 0.2) is 0 Å². The number of ether oxygens (including phenoxy) is 1. The van der Waals surface area contributed by atoms with Gasteiger partial charge in [0.05, 0.1) is 25.1 Å². The lowest BCUT2D eigenvalue weighted by molar-refractivity contribution is -0.137. The number of amides is 2. The Kier molecular flexibility index (Phi) is 7.54. The summed E-state index contributed by atoms with van der Waals surface area (Å²) >= 11 is 0. The first-order chi connectivity index (χ1) is 8.38. The molecule has 0 saturated carbocycles. The third kappa shape index (κ3) is 4.62. The maximum Gasteiger partial charge on any atom is 0.236 e. The third-order valence-corrected chi connectivity index (χ3v) is 3.33. The monoisotopic (exact) mass is 259 g/mol. The van der Waals surface area contributed by atoms with Crippen LogP contribution in [0.4, 0.5) is 0 Å². The van der Waals surface area contributed by atoms with Crippen LogP contribution < -0.4 is 11.5 Å². The first-order valence-corrected chi connectivity index (χ1v) is 6.15. The molecule has 2 amide bonds. The van der Waals surface area contributed by atoms with Gasteiger partial charge in [0.15, 0.2) is 0 Å². The predicted molar refractivity (Wildman–Crippen MR) is 69.7 cm³/mol. The number of rotatable bonds is 8. The van der Waals surface area contributed by atoms with Crippen molar-refractivity contribution in [3.63, 3.8) is 0 Å². The topological polar surface area (TPSA) is 98.7 Å². The van der Waals surface area contributed by atoms with Crippen molar-refractivity contribution in [3.8, 4) is 0 Å². The van der Waals surface area contributed by atoms with Gasteiger partial charge in [-0.25, -0.2) is 0 Å². The van der Waals surface area contributed by atoms with Crippen molar-refractivity contribution in [2.24, 2.45) is 17.4 Å². The molecule has 0 radical (unpaired) electrons. The molecule has 6 nitrogen and oxygen atoms in total. The minimum atomic E-state index is -0.441. The molecule has 1 unspecified atom stereocenters. The zero-order valence-corrected chi connectivity index (χ0v) is 11.7. The van der Waals surface area contributed by atoms with E-state index in [4.69, 9.17) is 16.2 Å². The number of carbonyl (C=O) groups is 2. The van der Waals surface area contributed by atoms with Gasteiger partial charge in [0, 0.05) is 14.2 Å². The van der Waals surface area contributed by atoms with Gasteiger partial charge in [0.2, 0.25) is 11.8 Å². The lowest BCUT2D eigenvalue weighted by Crippen LogP contribution is -2.51. The molecule has 0 aliphatic heterocycles. The summed E-state index contributed by atoms with van der Waals surface area (Å²) in [5, 5.41) is 0. The van der Waals surface area contributed by atoms with Gasteiger partial charge in [-0.3, -0.25) is 9.59 Å². The number of nitrogens with zero attached hydrogens (tertiary/aromatic N) is 1. The molecule has 0 aromatic heterocycles. The van der Waals surface area contributed by atoms with Crippen molar-refractivity contribution < 1.29 is 14.3 Å². The standard InChI is InChI=1S/C12H25N3O3/c1-5-8(2)12(15(3)11(17)7-13)9(18-4)6-10(14)16/h8-9,12H,5-7,13H2,1-4H3,(H2,14,16)/t8-,9+,12?/m0/s1. The predicted octanol–water partition coefficient (Wildman–Crippen LogP) is -0.291. The smallest absolute Gasteiger partial charge is 0.236 e. The van der Waals surface area contributed by atoms with Crippen molar-refractivity contribution in [1.82, 2.24) is 4.90 Å². The second-order valence-corrected chi connectivity index (χ2v) is 4.53. The van der Waals surface area contributed by atoms with E-state index in [-0.39, 0.29) is 30.8 Å². The summed E-state index contributed by atoms with van der Waals surface area (Å²) in [5.41, 5.74) is 10.6. The number of methoxy groups -OCH3 is 1. The largest absolute Gasteiger partial charge is 0.379 e. The van der Waals surface area contributed by atoms with Gasteiger partial charge in [-0.15, -0.1) is 0 Å². The van der Waals surface area contributed by atoms with Gasteiger partial charge in [0.1, 0.15) is 0 Å². The van der Waals surface area contributed by atoms with E-state index in [1.807, 2.05) is 13.8 Å². The molecule has 3 atom stereocenters. The second-order valence-electron chi connectivity index (χ2n) is 4.53. The molecule has 6 heteroatoms. The second kappa shape index (κ2) is 8.05. The van der Waals surface area contributed by atoms with Crippen molar-refractivity contribution in [3.05, 3.63) is 0 Å². The van der Waals surface area contributed by atoms with Crippen molar-refractivity contribution in [2.45, 2.75) is 38.8 Å². The SMILES string of the molecule is CC[C@H](C)C([C@@H](CC(N)=O)OC)N(C)C(=O)CN. The minimum absolute atomic E-state index is 0.0591. The fourth-order valence-corrected chi connectivity index (χ4v) is 2.09. The fraction of sp³-hybridized carbons (Fsp3) is 0.833. The van der Waals surface area contributed by atoms with Crippen LogP contribution in [-0.4, -0.2) is 49.6 Å². The summed E-state index contributed by atoms with van der Waals surface area (Å²) in [4.78, 5) is 24.3. The van der Waals surface area contributed by atoms with Gasteiger partial charge in [0.25, 0.3) is 0 Å². The lowest BCUT2D eigenvalue weighted by atomic mass is 9.91. The zero-order valence-electron chi connectivity index (χ0n) is 11.7. The van der Waals surface area contributed by atoms with Crippen molar-refractivity contribution >= 4 is 11.8 Å². The molecule has 0 rings (SSSR count). The first kappa shape index (κ1) is 16.9. The maximum atomic E-state index is 11.7. The Balaban J connectivity index is 5.05. The Morgan fingerprint density at radius 1 is 1.39 bits per heavy atom. The summed E-state index contributed by atoms with van der Waals surface area (Å²) in [6, 6.07) is -0.205. The van der Waals surface area contributed by atoms with Crippen LogP contribution >= 0.6 is 0 Å². The number of hydrogen-bond acceptors (Lipinski definition) is 4. The number of likely N-dealkylation sites (N-methyl/N-ethyl adjacent to an activating group) is 1. The molecule has 0 spiro atoms. The van der Waals surface area contributed by atoms with E-state index >= 15 is 0 Å². The Labute approximate surface area is 109 Å². The van der Waals surface area contributed by atoms with Crippen LogP contribution in [0.25, 0.3) is 0 Å². The van der Waals surface area contributed by atoms with Crippen LogP contribution in [0.1, 0.15) is 26.7 Å². The van der Waals surface area contributed by atoms with Gasteiger partial charge in [-0.05, 0) is 5.92 Å². The van der Waals surface area contributed by atoms with E-state index in [1.54, 1.807) is 11.9 Å². The molecule has 0 aliphatic rings. The molecule has 0 heterocycles. The van der Waals surface area contributed by atoms with Gasteiger partial charge >= 0.3 is 0 Å². The average Bonchev–Trinajstić information content (AvgIpc) is 2.35. The Morgan fingerprint density at radius 3 is 2.28 bits per heavy atom.